The Morgan fingerprint density at radius 1 is 1.17 bits per heavy atom. The molecule has 0 aliphatic heterocycles. The summed E-state index contributed by atoms with van der Waals surface area (Å²) in [4.78, 5) is 0.627. The molecule has 1 aromatic carbocycles. The molecule has 1 unspecified atom stereocenters. The van der Waals surface area contributed by atoms with Gasteiger partial charge in [0.25, 0.3) is 0 Å². The third-order valence-electron chi connectivity index (χ3n) is 3.98. The minimum atomic E-state index is -4.14. The van der Waals surface area contributed by atoms with Gasteiger partial charge in [0, 0.05) is 23.4 Å². The molecule has 2 aromatic rings. The van der Waals surface area contributed by atoms with Crippen LogP contribution in [0.25, 0.3) is 10.1 Å². The summed E-state index contributed by atoms with van der Waals surface area (Å²) in [7, 11) is -1.69. The third-order valence-corrected chi connectivity index (χ3v) is 6.16. The second kappa shape index (κ2) is 7.48. The van der Waals surface area contributed by atoms with Crippen molar-refractivity contribution < 1.29 is 40.6 Å². The normalized spacial score (nSPS) is 16.3. The second-order valence-electron chi connectivity index (χ2n) is 5.34. The topological polar surface area (TPSA) is 69.2 Å². The molecule has 1 atom stereocenters. The first-order valence-corrected chi connectivity index (χ1v) is 10.3. The first-order valence-electron chi connectivity index (χ1n) is 7.12. The van der Waals surface area contributed by atoms with Crippen molar-refractivity contribution in [2.75, 3.05) is 0 Å². The molecule has 23 heavy (non-hydrogen) atoms. The van der Waals surface area contributed by atoms with Gasteiger partial charge in [-0.2, -0.15) is 0 Å². The van der Waals surface area contributed by atoms with Gasteiger partial charge in [-0.05, 0) is 30.9 Å². The van der Waals surface area contributed by atoms with Crippen LogP contribution in [0.3, 0.4) is 0 Å². The average Bonchev–Trinajstić information content (AvgIpc) is 2.73. The zero-order valence-electron chi connectivity index (χ0n) is 12.4. The van der Waals surface area contributed by atoms with Crippen LogP contribution in [-0.4, -0.2) is 0 Å². The molecular weight excluding hydrogens is 397 g/mol. The minimum Gasteiger partial charge on any atom is -0.405 e. The van der Waals surface area contributed by atoms with Gasteiger partial charge in [0.05, 0.1) is 10.5 Å². The van der Waals surface area contributed by atoms with Crippen LogP contribution < -0.4 is 12.6 Å². The number of halogens is 4. The Balaban J connectivity index is 0.000000433. The maximum atomic E-state index is 13.4. The van der Waals surface area contributed by atoms with Gasteiger partial charge in [-0.15, -0.1) is 13.2 Å². The largest absolute Gasteiger partial charge is 0.600 e. The van der Waals surface area contributed by atoms with E-state index in [4.69, 9.17) is 12.6 Å². The summed E-state index contributed by atoms with van der Waals surface area (Å²) >= 11 is -3.65. The molecule has 1 aliphatic rings. The van der Waals surface area contributed by atoms with Crippen LogP contribution >= 0.6 is 10.5 Å². The molecule has 1 aliphatic carbocycles. The Kier molecular flexibility index (Phi) is 6.07. The van der Waals surface area contributed by atoms with Crippen molar-refractivity contribution in [2.45, 2.75) is 44.0 Å². The SMILES string of the molecule is CCc1ccc2cc(C3CCC3)[s+](C(F)(F)F)c2c1.[O-][Br+2]([O-])[O-]. The van der Waals surface area contributed by atoms with E-state index in [0.29, 0.717) is 9.58 Å². The predicted molar refractivity (Wildman–Crippen MR) is 73.7 cm³/mol. The van der Waals surface area contributed by atoms with Crippen molar-refractivity contribution in [2.24, 2.45) is 0 Å². The molecule has 1 aromatic heterocycles. The van der Waals surface area contributed by atoms with E-state index in [1.54, 1.807) is 12.1 Å². The van der Waals surface area contributed by atoms with Crippen LogP contribution in [0.15, 0.2) is 24.3 Å². The van der Waals surface area contributed by atoms with Gasteiger partial charge in [-0.3, -0.25) is 0 Å². The third kappa shape index (κ3) is 4.45. The smallest absolute Gasteiger partial charge is 0.405 e. The highest BCUT2D eigenvalue weighted by molar-refractivity contribution is 7.38. The molecule has 0 amide bonds. The van der Waals surface area contributed by atoms with E-state index in [2.05, 4.69) is 0 Å². The van der Waals surface area contributed by atoms with E-state index < -0.39 is 30.8 Å². The number of alkyl halides is 3. The monoisotopic (exact) mass is 412 g/mol. The number of hydrogen-bond donors (Lipinski definition) is 0. The van der Waals surface area contributed by atoms with Crippen molar-refractivity contribution in [3.63, 3.8) is 0 Å². The van der Waals surface area contributed by atoms with Crippen molar-refractivity contribution in [1.82, 2.24) is 0 Å². The Morgan fingerprint density at radius 2 is 1.78 bits per heavy atom. The van der Waals surface area contributed by atoms with Gasteiger partial charge in [0.1, 0.15) is 0 Å². The fourth-order valence-electron chi connectivity index (χ4n) is 2.67. The van der Waals surface area contributed by atoms with Crippen molar-refractivity contribution in [3.05, 3.63) is 34.7 Å². The quantitative estimate of drug-likeness (QED) is 0.710. The first kappa shape index (κ1) is 18.7. The van der Waals surface area contributed by atoms with Crippen LogP contribution in [0.4, 0.5) is 13.2 Å². The lowest BCUT2D eigenvalue weighted by Gasteiger charge is -2.21. The Bertz CT molecular complexity index is 663. The van der Waals surface area contributed by atoms with Gasteiger partial charge in [-0.1, -0.05) is 19.4 Å². The molecule has 0 bridgehead atoms. The zero-order valence-corrected chi connectivity index (χ0v) is 14.8. The van der Waals surface area contributed by atoms with E-state index in [0.717, 1.165) is 36.6 Å². The highest BCUT2D eigenvalue weighted by atomic mass is 80.0. The summed E-state index contributed by atoms with van der Waals surface area (Å²) in [5.74, 6) is 0.155. The molecule has 1 fully saturated rings. The summed E-state index contributed by atoms with van der Waals surface area (Å²) in [5.41, 5.74) is -3.15. The molecule has 3 nitrogen and oxygen atoms in total. The van der Waals surface area contributed by atoms with Gasteiger partial charge in [0.2, 0.25) is 14.8 Å². The fraction of sp³-hybridized carbons (Fsp3) is 0.467. The van der Waals surface area contributed by atoms with Crippen molar-refractivity contribution in [1.29, 1.82) is 0 Å². The highest BCUT2D eigenvalue weighted by Gasteiger charge is 2.50. The van der Waals surface area contributed by atoms with Gasteiger partial charge in [0.15, 0.2) is 9.58 Å². The maximum Gasteiger partial charge on any atom is 0.600 e. The molecule has 0 radical (unpaired) electrons. The van der Waals surface area contributed by atoms with Crippen molar-refractivity contribution in [3.8, 4) is 0 Å². The van der Waals surface area contributed by atoms with E-state index in [1.165, 1.54) is 0 Å². The van der Waals surface area contributed by atoms with Gasteiger partial charge >= 0.3 is 5.51 Å². The minimum absolute atomic E-state index is 0.155. The summed E-state index contributed by atoms with van der Waals surface area (Å²) < 4.78 is 66.3. The van der Waals surface area contributed by atoms with Crippen LogP contribution in [0.1, 0.15) is 42.5 Å². The maximum absolute atomic E-state index is 13.4. The second-order valence-corrected chi connectivity index (χ2v) is 8.12. The summed E-state index contributed by atoms with van der Waals surface area (Å²) in [6.45, 7) is 1.97. The fourth-order valence-corrected chi connectivity index (χ4v) is 4.89. The zero-order chi connectivity index (χ0) is 17.2. The molecular formula is C15H16BrF3O3S. The predicted octanol–water partition coefficient (Wildman–Crippen LogP) is 2.33. The lowest BCUT2D eigenvalue weighted by atomic mass is 9.84. The number of hydrogen-bond acceptors (Lipinski definition) is 3. The number of aryl methyl sites for hydroxylation is 1. The van der Waals surface area contributed by atoms with E-state index in [9.17, 15) is 13.2 Å². The summed E-state index contributed by atoms with van der Waals surface area (Å²) in [5, 5.41) is 0.778. The lowest BCUT2D eigenvalue weighted by molar-refractivity contribution is -1.73. The molecule has 0 saturated heterocycles. The Labute approximate surface area is 140 Å². The molecule has 8 heteroatoms. The van der Waals surface area contributed by atoms with Gasteiger partial charge < -0.3 is 12.6 Å². The van der Waals surface area contributed by atoms with E-state index >= 15 is 0 Å². The standard InChI is InChI=1S/C15H16F3S.BrO3/c1-2-10-6-7-12-9-14(11-4-3-5-11)19(13(12)8-10)15(16,17)18;2-1(3)4/h6-9,11H,2-5H2,1H3;/q+1;-1. The highest BCUT2D eigenvalue weighted by Crippen LogP contribution is 2.56. The molecule has 1 saturated carbocycles. The number of rotatable bonds is 2. The lowest BCUT2D eigenvalue weighted by Crippen LogP contribution is -2.42. The van der Waals surface area contributed by atoms with Crippen LogP contribution in [0, 0.1) is 14.8 Å². The van der Waals surface area contributed by atoms with Crippen LogP contribution in [0.2, 0.25) is 0 Å². The Hall–Kier alpha value is -0.670. The molecule has 128 valence electrons. The van der Waals surface area contributed by atoms with E-state index in [-0.39, 0.29) is 5.92 Å². The molecule has 0 N–H and O–H groups in total. The van der Waals surface area contributed by atoms with E-state index in [1.807, 2.05) is 19.1 Å². The van der Waals surface area contributed by atoms with Crippen LogP contribution in [0.5, 0.6) is 0 Å². The Morgan fingerprint density at radius 3 is 2.22 bits per heavy atom. The first-order chi connectivity index (χ1) is 10.7. The summed E-state index contributed by atoms with van der Waals surface area (Å²) in [6, 6.07) is 7.35. The van der Waals surface area contributed by atoms with Gasteiger partial charge in [-0.25, -0.2) is 0 Å². The number of fused-ring (bicyclic) bond motifs is 1. The van der Waals surface area contributed by atoms with Crippen LogP contribution in [-0.2, 0) is 11.9 Å². The number of benzene rings is 1. The van der Waals surface area contributed by atoms with Crippen molar-refractivity contribution >= 4 is 20.6 Å². The average molecular weight is 413 g/mol. The molecule has 3 rings (SSSR count). The molecule has 0 spiro atoms. The number of thiophene rings is 1. The summed E-state index contributed by atoms with van der Waals surface area (Å²) in [6.07, 6.45) is 3.68. The molecule has 1 heterocycles.